The van der Waals surface area contributed by atoms with Gasteiger partial charge in [-0.3, -0.25) is 4.79 Å². The van der Waals surface area contributed by atoms with Gasteiger partial charge in [-0.05, 0) is 49.4 Å². The largest absolute Gasteiger partial charge is 0.337 e. The zero-order valence-corrected chi connectivity index (χ0v) is 16.0. The minimum atomic E-state index is -0.236. The first-order valence-corrected chi connectivity index (χ1v) is 8.94. The number of hydrogen-bond acceptors (Lipinski definition) is 4. The van der Waals surface area contributed by atoms with Crippen molar-refractivity contribution >= 4 is 40.7 Å². The van der Waals surface area contributed by atoms with Crippen LogP contribution in [0.25, 0.3) is 11.4 Å². The number of rotatable bonds is 5. The maximum atomic E-state index is 12.7. The molecule has 26 heavy (non-hydrogen) atoms. The molecule has 0 atom stereocenters. The minimum absolute atomic E-state index is 0.175. The van der Waals surface area contributed by atoms with Gasteiger partial charge in [-0.1, -0.05) is 40.0 Å². The van der Waals surface area contributed by atoms with E-state index in [0.29, 0.717) is 38.9 Å². The zero-order valence-electron chi connectivity index (χ0n) is 13.7. The van der Waals surface area contributed by atoms with E-state index in [9.17, 15) is 4.79 Å². The van der Waals surface area contributed by atoms with Crippen molar-refractivity contribution in [3.05, 3.63) is 69.0 Å². The number of aromatic nitrogens is 2. The second kappa shape index (κ2) is 8.08. The van der Waals surface area contributed by atoms with Gasteiger partial charge in [0.15, 0.2) is 0 Å². The van der Waals surface area contributed by atoms with Crippen LogP contribution in [0.1, 0.15) is 23.2 Å². The van der Waals surface area contributed by atoms with Gasteiger partial charge in [-0.15, -0.1) is 0 Å². The fourth-order valence-electron chi connectivity index (χ4n) is 2.36. The summed E-state index contributed by atoms with van der Waals surface area (Å²) in [5.41, 5.74) is 1.15. The number of carbonyl (C=O) groups excluding carboxylic acids is 1. The van der Waals surface area contributed by atoms with Gasteiger partial charge in [0, 0.05) is 22.2 Å². The molecule has 134 valence electrons. The molecule has 0 saturated heterocycles. The van der Waals surface area contributed by atoms with Gasteiger partial charge in [0.1, 0.15) is 6.54 Å². The van der Waals surface area contributed by atoms with Gasteiger partial charge in [0.25, 0.3) is 5.91 Å². The molecule has 1 amide bonds. The molecule has 0 radical (unpaired) electrons. The van der Waals surface area contributed by atoms with Crippen LogP contribution in [0.5, 0.6) is 0 Å². The maximum absolute atomic E-state index is 12.7. The molecule has 1 heterocycles. The van der Waals surface area contributed by atoms with Crippen LogP contribution in [0.4, 0.5) is 0 Å². The number of amides is 1. The Bertz CT molecular complexity index is 926. The monoisotopic (exact) mass is 409 g/mol. The molecule has 8 heteroatoms. The summed E-state index contributed by atoms with van der Waals surface area (Å²) in [5.74, 6) is 0.528. The van der Waals surface area contributed by atoms with Gasteiger partial charge in [0.05, 0.1) is 10.6 Å². The van der Waals surface area contributed by atoms with Crippen LogP contribution in [-0.4, -0.2) is 27.5 Å². The normalized spacial score (nSPS) is 10.8. The van der Waals surface area contributed by atoms with E-state index in [4.69, 9.17) is 39.3 Å². The highest BCUT2D eigenvalue weighted by molar-refractivity contribution is 6.36. The lowest BCUT2D eigenvalue weighted by molar-refractivity contribution is 0.0734. The number of halogens is 3. The van der Waals surface area contributed by atoms with Gasteiger partial charge in [-0.25, -0.2) is 0 Å². The number of benzene rings is 2. The molecule has 5 nitrogen and oxygen atoms in total. The van der Waals surface area contributed by atoms with Gasteiger partial charge >= 0.3 is 0 Å². The zero-order chi connectivity index (χ0) is 18.7. The van der Waals surface area contributed by atoms with Crippen molar-refractivity contribution in [3.63, 3.8) is 0 Å². The Morgan fingerprint density at radius 3 is 2.42 bits per heavy atom. The standard InChI is InChI=1S/C18H14Cl3N3O2/c1-2-24(18(25)14-8-7-13(20)9-15(14)21)10-16-22-17(23-26-16)11-3-5-12(19)6-4-11/h3-9H,2,10H2,1H3. The summed E-state index contributed by atoms with van der Waals surface area (Å²) in [5, 5.41) is 5.35. The third-order valence-corrected chi connectivity index (χ3v) is 4.53. The highest BCUT2D eigenvalue weighted by Crippen LogP contribution is 2.23. The fourth-order valence-corrected chi connectivity index (χ4v) is 2.97. The Morgan fingerprint density at radius 2 is 1.77 bits per heavy atom. The van der Waals surface area contributed by atoms with E-state index in [0.717, 1.165) is 5.56 Å². The fraction of sp³-hybridized carbons (Fsp3) is 0.167. The Hall–Kier alpha value is -2.08. The van der Waals surface area contributed by atoms with Gasteiger partial charge in [0.2, 0.25) is 11.7 Å². The number of hydrogen-bond donors (Lipinski definition) is 0. The number of nitrogens with zero attached hydrogens (tertiary/aromatic N) is 3. The summed E-state index contributed by atoms with van der Waals surface area (Å²) in [7, 11) is 0. The third kappa shape index (κ3) is 4.18. The average molecular weight is 411 g/mol. The van der Waals surface area contributed by atoms with E-state index in [-0.39, 0.29) is 12.5 Å². The quantitative estimate of drug-likeness (QED) is 0.568. The molecule has 1 aromatic heterocycles. The van der Waals surface area contributed by atoms with Crippen molar-refractivity contribution in [3.8, 4) is 11.4 Å². The molecule has 0 saturated carbocycles. The van der Waals surface area contributed by atoms with E-state index in [1.54, 1.807) is 41.3 Å². The van der Waals surface area contributed by atoms with Crippen LogP contribution < -0.4 is 0 Å². The van der Waals surface area contributed by atoms with Gasteiger partial charge < -0.3 is 9.42 Å². The van der Waals surface area contributed by atoms with Crippen LogP contribution in [0, 0.1) is 0 Å². The summed E-state index contributed by atoms with van der Waals surface area (Å²) in [6.45, 7) is 2.49. The lowest BCUT2D eigenvalue weighted by Gasteiger charge is -2.19. The molecule has 0 fully saturated rings. The molecule has 0 N–H and O–H groups in total. The predicted octanol–water partition coefficient (Wildman–Crippen LogP) is 5.36. The molecular formula is C18H14Cl3N3O2. The van der Waals surface area contributed by atoms with Crippen LogP contribution in [-0.2, 0) is 6.54 Å². The highest BCUT2D eigenvalue weighted by atomic mass is 35.5. The second-order valence-electron chi connectivity index (χ2n) is 5.46. The third-order valence-electron chi connectivity index (χ3n) is 3.73. The van der Waals surface area contributed by atoms with Crippen molar-refractivity contribution in [1.29, 1.82) is 0 Å². The summed E-state index contributed by atoms with van der Waals surface area (Å²) >= 11 is 17.9. The van der Waals surface area contributed by atoms with Crippen molar-refractivity contribution in [2.24, 2.45) is 0 Å². The Kier molecular flexibility index (Phi) is 5.81. The number of carbonyl (C=O) groups is 1. The predicted molar refractivity (Wildman–Crippen MR) is 102 cm³/mol. The van der Waals surface area contributed by atoms with Crippen LogP contribution >= 0.6 is 34.8 Å². The summed E-state index contributed by atoms with van der Waals surface area (Å²) < 4.78 is 5.27. The second-order valence-corrected chi connectivity index (χ2v) is 6.74. The molecule has 0 aliphatic carbocycles. The van der Waals surface area contributed by atoms with Crippen LogP contribution in [0.2, 0.25) is 15.1 Å². The Balaban J connectivity index is 1.78. The molecule has 0 unspecified atom stereocenters. The molecular weight excluding hydrogens is 397 g/mol. The van der Waals surface area contributed by atoms with E-state index < -0.39 is 0 Å². The summed E-state index contributed by atoms with van der Waals surface area (Å²) in [4.78, 5) is 18.6. The molecule has 3 aromatic rings. The maximum Gasteiger partial charge on any atom is 0.255 e. The molecule has 0 spiro atoms. The Morgan fingerprint density at radius 1 is 1.08 bits per heavy atom. The van der Waals surface area contributed by atoms with Crippen molar-refractivity contribution in [2.75, 3.05) is 6.54 Å². The molecule has 0 bridgehead atoms. The van der Waals surface area contributed by atoms with E-state index in [2.05, 4.69) is 10.1 Å². The first kappa shape index (κ1) is 18.7. The van der Waals surface area contributed by atoms with Crippen molar-refractivity contribution in [1.82, 2.24) is 15.0 Å². The first-order valence-electron chi connectivity index (χ1n) is 7.80. The van der Waals surface area contributed by atoms with E-state index in [1.807, 2.05) is 6.92 Å². The van der Waals surface area contributed by atoms with Crippen LogP contribution in [0.3, 0.4) is 0 Å². The SMILES string of the molecule is CCN(Cc1nc(-c2ccc(Cl)cc2)no1)C(=O)c1ccc(Cl)cc1Cl. The smallest absolute Gasteiger partial charge is 0.255 e. The molecule has 2 aromatic carbocycles. The molecule has 3 rings (SSSR count). The summed E-state index contributed by atoms with van der Waals surface area (Å²) in [6.07, 6.45) is 0. The average Bonchev–Trinajstić information content (AvgIpc) is 3.08. The van der Waals surface area contributed by atoms with Crippen LogP contribution in [0.15, 0.2) is 47.0 Å². The van der Waals surface area contributed by atoms with Gasteiger partial charge in [-0.2, -0.15) is 4.98 Å². The minimum Gasteiger partial charge on any atom is -0.337 e. The lowest BCUT2D eigenvalue weighted by Crippen LogP contribution is -2.30. The van der Waals surface area contributed by atoms with E-state index in [1.165, 1.54) is 6.07 Å². The van der Waals surface area contributed by atoms with Crippen molar-refractivity contribution in [2.45, 2.75) is 13.5 Å². The molecule has 0 aliphatic rings. The summed E-state index contributed by atoms with van der Waals surface area (Å²) in [6, 6.07) is 11.9. The van der Waals surface area contributed by atoms with E-state index >= 15 is 0 Å². The molecule has 0 aliphatic heterocycles. The first-order chi connectivity index (χ1) is 12.5. The van der Waals surface area contributed by atoms with Crippen molar-refractivity contribution < 1.29 is 9.32 Å². The lowest BCUT2D eigenvalue weighted by atomic mass is 10.2. The topological polar surface area (TPSA) is 59.2 Å². The highest BCUT2D eigenvalue weighted by Gasteiger charge is 2.20. The Labute approximate surface area is 165 Å².